The van der Waals surface area contributed by atoms with Crippen LogP contribution in [0.4, 0.5) is 0 Å². The molecule has 0 aliphatic heterocycles. The molecular weight excluding hydrogens is 243 g/mol. The Balaban J connectivity index is 0. The zero-order valence-electron chi connectivity index (χ0n) is 10.9. The van der Waals surface area contributed by atoms with Gasteiger partial charge in [0, 0.05) is 0 Å². The number of hydrogen-bond donors (Lipinski definition) is 2. The van der Waals surface area contributed by atoms with Crippen LogP contribution in [0.25, 0.3) is 0 Å². The molecule has 0 aromatic carbocycles. The molecule has 0 aromatic heterocycles. The predicted molar refractivity (Wildman–Crippen MR) is 73.1 cm³/mol. The summed E-state index contributed by atoms with van der Waals surface area (Å²) in [6.07, 6.45) is 5.52. The van der Waals surface area contributed by atoms with Crippen molar-refractivity contribution in [1.29, 1.82) is 0 Å². The van der Waals surface area contributed by atoms with Gasteiger partial charge >= 0.3 is 41.5 Å². The van der Waals surface area contributed by atoms with Crippen molar-refractivity contribution in [2.24, 2.45) is 5.41 Å². The Labute approximate surface area is 131 Å². The molecular formula is C13H25NaO4. The molecule has 0 fully saturated rings. The van der Waals surface area contributed by atoms with Crippen LogP contribution >= 0.6 is 0 Å². The normalized spacial score (nSPS) is 10.8. The van der Waals surface area contributed by atoms with Crippen LogP contribution in [0, 0.1) is 5.41 Å². The van der Waals surface area contributed by atoms with Gasteiger partial charge in [0.05, 0.1) is 0 Å². The summed E-state index contributed by atoms with van der Waals surface area (Å²) in [5.74, 6) is -2.37. The van der Waals surface area contributed by atoms with Crippen molar-refractivity contribution < 1.29 is 19.8 Å². The van der Waals surface area contributed by atoms with Crippen molar-refractivity contribution in [3.05, 3.63) is 0 Å². The minimum absolute atomic E-state index is 0. The predicted octanol–water partition coefficient (Wildman–Crippen LogP) is 2.65. The summed E-state index contributed by atoms with van der Waals surface area (Å²) in [7, 11) is 0. The molecule has 102 valence electrons. The van der Waals surface area contributed by atoms with E-state index in [1.807, 2.05) is 13.8 Å². The molecule has 0 spiro atoms. The third-order valence-corrected chi connectivity index (χ3v) is 3.23. The van der Waals surface area contributed by atoms with E-state index in [4.69, 9.17) is 0 Å². The van der Waals surface area contributed by atoms with E-state index in [0.29, 0.717) is 12.8 Å². The van der Waals surface area contributed by atoms with Crippen molar-refractivity contribution in [1.82, 2.24) is 0 Å². The molecule has 0 aliphatic carbocycles. The summed E-state index contributed by atoms with van der Waals surface area (Å²) >= 11 is 0. The van der Waals surface area contributed by atoms with Crippen LogP contribution < -0.4 is 0 Å². The SMILES string of the molecule is CCCCCC(CCCCC)(C(=O)O)C(=O)O.[NaH]. The molecule has 0 unspecified atom stereocenters. The van der Waals surface area contributed by atoms with E-state index in [9.17, 15) is 19.8 Å². The third-order valence-electron chi connectivity index (χ3n) is 3.23. The summed E-state index contributed by atoms with van der Waals surface area (Å²) in [5.41, 5.74) is -1.57. The number of hydrogen-bond acceptors (Lipinski definition) is 2. The van der Waals surface area contributed by atoms with Gasteiger partial charge in [-0.2, -0.15) is 0 Å². The van der Waals surface area contributed by atoms with E-state index in [0.717, 1.165) is 25.7 Å². The summed E-state index contributed by atoms with van der Waals surface area (Å²) in [6.45, 7) is 4.03. The van der Waals surface area contributed by atoms with E-state index in [-0.39, 0.29) is 42.4 Å². The van der Waals surface area contributed by atoms with Gasteiger partial charge in [-0.25, -0.2) is 0 Å². The Morgan fingerprint density at radius 2 is 1.17 bits per heavy atom. The summed E-state index contributed by atoms with van der Waals surface area (Å²) in [4.78, 5) is 22.5. The molecule has 5 heteroatoms. The van der Waals surface area contributed by atoms with Crippen molar-refractivity contribution in [3.8, 4) is 0 Å². The Morgan fingerprint density at radius 3 is 1.39 bits per heavy atom. The molecule has 0 saturated carbocycles. The number of unbranched alkanes of at least 4 members (excludes halogenated alkanes) is 4. The van der Waals surface area contributed by atoms with E-state index in [2.05, 4.69) is 0 Å². The zero-order valence-corrected chi connectivity index (χ0v) is 10.9. The number of carbonyl (C=O) groups is 2. The van der Waals surface area contributed by atoms with Gasteiger partial charge in [-0.1, -0.05) is 52.4 Å². The Bertz CT molecular complexity index is 227. The quantitative estimate of drug-likeness (QED) is 0.363. The number of rotatable bonds is 10. The molecule has 0 rings (SSSR count). The Kier molecular flexibility index (Phi) is 12.2. The first-order valence-corrected chi connectivity index (χ1v) is 6.48. The molecule has 18 heavy (non-hydrogen) atoms. The molecule has 0 radical (unpaired) electrons. The molecule has 0 aliphatic rings. The first kappa shape index (κ1) is 20.3. The molecule has 0 saturated heterocycles. The third kappa shape index (κ3) is 6.21. The van der Waals surface area contributed by atoms with Gasteiger partial charge in [0.25, 0.3) is 0 Å². The van der Waals surface area contributed by atoms with Gasteiger partial charge in [-0.3, -0.25) is 9.59 Å². The fourth-order valence-corrected chi connectivity index (χ4v) is 2.00. The summed E-state index contributed by atoms with van der Waals surface area (Å²) in [5, 5.41) is 18.4. The Hall–Kier alpha value is -0.0600. The molecule has 0 bridgehead atoms. The summed E-state index contributed by atoms with van der Waals surface area (Å²) < 4.78 is 0. The fraction of sp³-hybridized carbons (Fsp3) is 0.846. The average Bonchev–Trinajstić information content (AvgIpc) is 2.26. The second kappa shape index (κ2) is 10.8. The molecule has 2 N–H and O–H groups in total. The van der Waals surface area contributed by atoms with Crippen molar-refractivity contribution in [3.63, 3.8) is 0 Å². The second-order valence-corrected chi connectivity index (χ2v) is 4.61. The van der Waals surface area contributed by atoms with Crippen LogP contribution in [0.15, 0.2) is 0 Å². The maximum atomic E-state index is 11.3. The molecule has 4 nitrogen and oxygen atoms in total. The van der Waals surface area contributed by atoms with Crippen LogP contribution in [-0.4, -0.2) is 51.7 Å². The fourth-order valence-electron chi connectivity index (χ4n) is 2.00. The van der Waals surface area contributed by atoms with Crippen LogP contribution in [0.5, 0.6) is 0 Å². The standard InChI is InChI=1S/C13H24O4.Na.H/c1-3-5-7-9-13(11(14)15,12(16)17)10-8-6-4-2;;/h3-10H2,1-2H3,(H,14,15)(H,16,17);;. The molecule has 0 aromatic rings. The minimum atomic E-state index is -1.57. The van der Waals surface area contributed by atoms with Gasteiger partial charge in [0.1, 0.15) is 0 Å². The average molecular weight is 268 g/mol. The van der Waals surface area contributed by atoms with Gasteiger partial charge in [-0.05, 0) is 12.8 Å². The van der Waals surface area contributed by atoms with Crippen molar-refractivity contribution in [2.45, 2.75) is 65.2 Å². The molecule has 0 amide bonds. The number of carboxylic acids is 2. The van der Waals surface area contributed by atoms with E-state index < -0.39 is 17.4 Å². The van der Waals surface area contributed by atoms with E-state index in [1.54, 1.807) is 0 Å². The van der Waals surface area contributed by atoms with Crippen LogP contribution in [0.3, 0.4) is 0 Å². The second-order valence-electron chi connectivity index (χ2n) is 4.61. The van der Waals surface area contributed by atoms with Gasteiger partial charge < -0.3 is 10.2 Å². The topological polar surface area (TPSA) is 74.6 Å². The van der Waals surface area contributed by atoms with Gasteiger partial charge in [0.2, 0.25) is 0 Å². The zero-order chi connectivity index (χ0) is 13.3. The van der Waals surface area contributed by atoms with Crippen molar-refractivity contribution in [2.75, 3.05) is 0 Å². The number of carboxylic acid groups (broad SMARTS) is 2. The van der Waals surface area contributed by atoms with Gasteiger partial charge in [0.15, 0.2) is 5.41 Å². The monoisotopic (exact) mass is 268 g/mol. The summed E-state index contributed by atoms with van der Waals surface area (Å²) in [6, 6.07) is 0. The van der Waals surface area contributed by atoms with Crippen LogP contribution in [0.1, 0.15) is 65.2 Å². The van der Waals surface area contributed by atoms with Crippen LogP contribution in [-0.2, 0) is 9.59 Å². The molecule has 0 atom stereocenters. The van der Waals surface area contributed by atoms with Gasteiger partial charge in [-0.15, -0.1) is 0 Å². The first-order chi connectivity index (χ1) is 8.01. The maximum absolute atomic E-state index is 11.3. The Morgan fingerprint density at radius 1 is 0.833 bits per heavy atom. The van der Waals surface area contributed by atoms with Crippen LogP contribution in [0.2, 0.25) is 0 Å². The van der Waals surface area contributed by atoms with Crippen molar-refractivity contribution >= 4 is 41.5 Å². The van der Waals surface area contributed by atoms with E-state index in [1.165, 1.54) is 0 Å². The molecule has 0 heterocycles. The first-order valence-electron chi connectivity index (χ1n) is 6.48. The number of aliphatic carboxylic acids is 2. The van der Waals surface area contributed by atoms with E-state index >= 15 is 0 Å².